The standard InChI is InChI=1S/C16H20ClNO2/c1-16(2,3)18-10-15-12(8-9-19-15)11-20-14-7-5-4-6-13(14)17/h4-9,18H,10-11H2,1-3H3. The lowest BCUT2D eigenvalue weighted by Crippen LogP contribution is -2.35. The first-order chi connectivity index (χ1) is 9.46. The molecule has 20 heavy (non-hydrogen) atoms. The van der Waals surface area contributed by atoms with Crippen molar-refractivity contribution in [3.05, 3.63) is 52.9 Å². The number of halogens is 1. The third-order valence-electron chi connectivity index (χ3n) is 2.84. The van der Waals surface area contributed by atoms with E-state index in [1.54, 1.807) is 6.26 Å². The third-order valence-corrected chi connectivity index (χ3v) is 3.15. The van der Waals surface area contributed by atoms with Gasteiger partial charge in [0.05, 0.1) is 17.8 Å². The van der Waals surface area contributed by atoms with Crippen LogP contribution < -0.4 is 10.1 Å². The van der Waals surface area contributed by atoms with Gasteiger partial charge in [0.25, 0.3) is 0 Å². The SMILES string of the molecule is CC(C)(C)NCc1occc1COc1ccccc1Cl. The van der Waals surface area contributed by atoms with Crippen molar-refractivity contribution in [2.24, 2.45) is 0 Å². The van der Waals surface area contributed by atoms with Crippen LogP contribution in [0, 0.1) is 0 Å². The van der Waals surface area contributed by atoms with Crippen molar-refractivity contribution < 1.29 is 9.15 Å². The highest BCUT2D eigenvalue weighted by Gasteiger charge is 2.13. The number of rotatable bonds is 5. The van der Waals surface area contributed by atoms with Crippen molar-refractivity contribution in [3.8, 4) is 5.75 Å². The Hall–Kier alpha value is -1.45. The largest absolute Gasteiger partial charge is 0.487 e. The second-order valence-corrected chi connectivity index (χ2v) is 6.10. The number of nitrogens with one attached hydrogen (secondary N) is 1. The average molecular weight is 294 g/mol. The fraction of sp³-hybridized carbons (Fsp3) is 0.375. The van der Waals surface area contributed by atoms with Gasteiger partial charge in [-0.05, 0) is 39.0 Å². The second kappa shape index (κ2) is 6.33. The minimum Gasteiger partial charge on any atom is -0.487 e. The minimum absolute atomic E-state index is 0.0493. The van der Waals surface area contributed by atoms with Gasteiger partial charge in [-0.1, -0.05) is 23.7 Å². The fourth-order valence-corrected chi connectivity index (χ4v) is 1.90. The van der Waals surface area contributed by atoms with Crippen molar-refractivity contribution in [1.82, 2.24) is 5.32 Å². The summed E-state index contributed by atoms with van der Waals surface area (Å²) in [6, 6.07) is 9.38. The first kappa shape index (κ1) is 14.9. The Balaban J connectivity index is 1.97. The van der Waals surface area contributed by atoms with Gasteiger partial charge in [0.2, 0.25) is 0 Å². The third kappa shape index (κ3) is 4.29. The molecule has 1 aromatic heterocycles. The lowest BCUT2D eigenvalue weighted by atomic mass is 10.1. The fourth-order valence-electron chi connectivity index (χ4n) is 1.71. The van der Waals surface area contributed by atoms with E-state index in [9.17, 15) is 0 Å². The molecule has 3 nitrogen and oxygen atoms in total. The van der Waals surface area contributed by atoms with Gasteiger partial charge in [0.15, 0.2) is 0 Å². The second-order valence-electron chi connectivity index (χ2n) is 5.69. The molecule has 108 valence electrons. The summed E-state index contributed by atoms with van der Waals surface area (Å²) >= 11 is 6.06. The minimum atomic E-state index is 0.0493. The maximum Gasteiger partial charge on any atom is 0.138 e. The molecule has 0 aliphatic carbocycles. The van der Waals surface area contributed by atoms with Crippen molar-refractivity contribution in [2.75, 3.05) is 0 Å². The summed E-state index contributed by atoms with van der Waals surface area (Å²) in [6.45, 7) is 7.49. The number of benzene rings is 1. The van der Waals surface area contributed by atoms with Crippen LogP contribution in [0.2, 0.25) is 5.02 Å². The Bertz CT molecular complexity index is 558. The van der Waals surface area contributed by atoms with Gasteiger partial charge in [0, 0.05) is 11.1 Å². The van der Waals surface area contributed by atoms with Crippen molar-refractivity contribution in [3.63, 3.8) is 0 Å². The van der Waals surface area contributed by atoms with Crippen LogP contribution in [-0.2, 0) is 13.2 Å². The summed E-state index contributed by atoms with van der Waals surface area (Å²) in [5, 5.41) is 4.01. The van der Waals surface area contributed by atoms with Crippen LogP contribution in [0.3, 0.4) is 0 Å². The molecule has 0 spiro atoms. The van der Waals surface area contributed by atoms with Crippen molar-refractivity contribution >= 4 is 11.6 Å². The first-order valence-electron chi connectivity index (χ1n) is 6.63. The molecule has 0 aliphatic rings. The predicted octanol–water partition coefficient (Wildman–Crippen LogP) is 4.40. The molecular weight excluding hydrogens is 274 g/mol. The highest BCUT2D eigenvalue weighted by molar-refractivity contribution is 6.32. The zero-order chi connectivity index (χ0) is 14.6. The zero-order valence-electron chi connectivity index (χ0n) is 12.1. The highest BCUT2D eigenvalue weighted by atomic mass is 35.5. The van der Waals surface area contributed by atoms with Gasteiger partial charge >= 0.3 is 0 Å². The van der Waals surface area contributed by atoms with Crippen molar-refractivity contribution in [1.29, 1.82) is 0 Å². The lowest BCUT2D eigenvalue weighted by Gasteiger charge is -2.20. The van der Waals surface area contributed by atoms with E-state index in [4.69, 9.17) is 20.8 Å². The number of ether oxygens (including phenoxy) is 1. The molecule has 2 rings (SSSR count). The van der Waals surface area contributed by atoms with Gasteiger partial charge < -0.3 is 14.5 Å². The Labute approximate surface area is 124 Å². The van der Waals surface area contributed by atoms with E-state index in [2.05, 4.69) is 26.1 Å². The monoisotopic (exact) mass is 293 g/mol. The van der Waals surface area contributed by atoms with Crippen LogP contribution in [0.4, 0.5) is 0 Å². The number of furan rings is 1. The smallest absolute Gasteiger partial charge is 0.138 e. The topological polar surface area (TPSA) is 34.4 Å². The van der Waals surface area contributed by atoms with Crippen LogP contribution in [0.1, 0.15) is 32.1 Å². The van der Waals surface area contributed by atoms with E-state index in [-0.39, 0.29) is 5.54 Å². The van der Waals surface area contributed by atoms with Gasteiger partial charge in [-0.25, -0.2) is 0 Å². The molecule has 0 radical (unpaired) electrons. The summed E-state index contributed by atoms with van der Waals surface area (Å²) in [4.78, 5) is 0. The molecule has 0 bridgehead atoms. The number of hydrogen-bond acceptors (Lipinski definition) is 3. The first-order valence-corrected chi connectivity index (χ1v) is 7.01. The molecule has 0 saturated heterocycles. The van der Waals surface area contributed by atoms with Gasteiger partial charge in [-0.2, -0.15) is 0 Å². The Morgan fingerprint density at radius 3 is 2.65 bits per heavy atom. The maximum absolute atomic E-state index is 6.06. The number of hydrogen-bond donors (Lipinski definition) is 1. The average Bonchev–Trinajstić information content (AvgIpc) is 2.82. The normalized spacial score (nSPS) is 11.6. The summed E-state index contributed by atoms with van der Waals surface area (Å²) in [7, 11) is 0. The molecule has 4 heteroatoms. The molecule has 2 aromatic rings. The summed E-state index contributed by atoms with van der Waals surface area (Å²) in [5.74, 6) is 1.58. The van der Waals surface area contributed by atoms with E-state index in [0.29, 0.717) is 23.9 Å². The van der Waals surface area contributed by atoms with Crippen LogP contribution in [-0.4, -0.2) is 5.54 Å². The van der Waals surface area contributed by atoms with Crippen LogP contribution >= 0.6 is 11.6 Å². The predicted molar refractivity (Wildman–Crippen MR) is 81.1 cm³/mol. The van der Waals surface area contributed by atoms with Crippen LogP contribution in [0.25, 0.3) is 0 Å². The highest BCUT2D eigenvalue weighted by Crippen LogP contribution is 2.24. The van der Waals surface area contributed by atoms with Gasteiger partial charge in [-0.3, -0.25) is 0 Å². The van der Waals surface area contributed by atoms with E-state index in [1.807, 2.05) is 30.3 Å². The lowest BCUT2D eigenvalue weighted by molar-refractivity contribution is 0.299. The van der Waals surface area contributed by atoms with E-state index in [1.165, 1.54) is 0 Å². The van der Waals surface area contributed by atoms with Gasteiger partial charge in [-0.15, -0.1) is 0 Å². The van der Waals surface area contributed by atoms with E-state index >= 15 is 0 Å². The van der Waals surface area contributed by atoms with Crippen LogP contribution in [0.5, 0.6) is 5.75 Å². The summed E-state index contributed by atoms with van der Waals surface area (Å²) in [6.07, 6.45) is 1.69. The molecule has 0 atom stereocenters. The zero-order valence-corrected chi connectivity index (χ0v) is 12.8. The molecule has 1 aromatic carbocycles. The van der Waals surface area contributed by atoms with Crippen molar-refractivity contribution in [2.45, 2.75) is 39.5 Å². The Kier molecular flexibility index (Phi) is 4.73. The molecule has 0 unspecified atom stereocenters. The maximum atomic E-state index is 6.06. The van der Waals surface area contributed by atoms with Crippen LogP contribution in [0.15, 0.2) is 41.0 Å². The molecule has 0 fully saturated rings. The Morgan fingerprint density at radius 1 is 1.20 bits per heavy atom. The molecule has 1 N–H and O–H groups in total. The molecule has 1 heterocycles. The van der Waals surface area contributed by atoms with Gasteiger partial charge in [0.1, 0.15) is 18.1 Å². The quantitative estimate of drug-likeness (QED) is 0.887. The Morgan fingerprint density at radius 2 is 1.95 bits per heavy atom. The molecule has 0 saturated carbocycles. The van der Waals surface area contributed by atoms with E-state index in [0.717, 1.165) is 11.3 Å². The summed E-state index contributed by atoms with van der Waals surface area (Å²) < 4.78 is 11.2. The van der Waals surface area contributed by atoms with E-state index < -0.39 is 0 Å². The molecule has 0 aliphatic heterocycles. The number of para-hydroxylation sites is 1. The summed E-state index contributed by atoms with van der Waals surface area (Å²) in [5.41, 5.74) is 1.08. The molecular formula is C16H20ClNO2. The molecule has 0 amide bonds.